The quantitative estimate of drug-likeness (QED) is 0.787. The van der Waals surface area contributed by atoms with Gasteiger partial charge in [0.2, 0.25) is 0 Å². The Labute approximate surface area is 141 Å². The Kier molecular flexibility index (Phi) is 3.91. The summed E-state index contributed by atoms with van der Waals surface area (Å²) in [5.41, 5.74) is 4.98. The highest BCUT2D eigenvalue weighted by molar-refractivity contribution is 5.87. The predicted molar refractivity (Wildman–Crippen MR) is 97.0 cm³/mol. The van der Waals surface area contributed by atoms with Crippen molar-refractivity contribution < 1.29 is 9.90 Å². The first-order valence-corrected chi connectivity index (χ1v) is 8.49. The van der Waals surface area contributed by atoms with Crippen LogP contribution in [0.25, 0.3) is 21.9 Å². The molecule has 1 N–H and O–H groups in total. The van der Waals surface area contributed by atoms with Gasteiger partial charge in [0, 0.05) is 5.92 Å². The van der Waals surface area contributed by atoms with Crippen molar-refractivity contribution >= 4 is 16.6 Å². The highest BCUT2D eigenvalue weighted by atomic mass is 16.3. The maximum absolute atomic E-state index is 11.8. The van der Waals surface area contributed by atoms with Gasteiger partial charge in [-0.25, -0.2) is 0 Å². The van der Waals surface area contributed by atoms with E-state index in [0.717, 1.165) is 19.3 Å². The standard InChI is InChI=1S/C22H20O2/c23-14-22(24)20-10-7-16-6-9-19(12-21(16)13-20)18-8-5-15-3-1-2-4-17(15)11-18/h1-6,8-9,11-12,20,23H,7,10,13-14H2. The second-order valence-corrected chi connectivity index (χ2v) is 6.61. The lowest BCUT2D eigenvalue weighted by molar-refractivity contribution is -0.125. The van der Waals surface area contributed by atoms with Crippen molar-refractivity contribution in [3.63, 3.8) is 0 Å². The summed E-state index contributed by atoms with van der Waals surface area (Å²) in [4.78, 5) is 11.8. The van der Waals surface area contributed by atoms with E-state index in [0.29, 0.717) is 0 Å². The molecule has 0 bridgehead atoms. The summed E-state index contributed by atoms with van der Waals surface area (Å²) in [7, 11) is 0. The Morgan fingerprint density at radius 1 is 0.917 bits per heavy atom. The molecule has 0 saturated heterocycles. The monoisotopic (exact) mass is 316 g/mol. The topological polar surface area (TPSA) is 37.3 Å². The zero-order chi connectivity index (χ0) is 16.5. The van der Waals surface area contributed by atoms with Crippen LogP contribution in [0.5, 0.6) is 0 Å². The van der Waals surface area contributed by atoms with Gasteiger partial charge in [-0.1, -0.05) is 54.6 Å². The fourth-order valence-corrected chi connectivity index (χ4v) is 3.71. The summed E-state index contributed by atoms with van der Waals surface area (Å²) in [6.07, 6.45) is 2.52. The lowest BCUT2D eigenvalue weighted by Crippen LogP contribution is -2.24. The number of aliphatic hydroxyl groups excluding tert-OH is 1. The first kappa shape index (κ1) is 15.1. The van der Waals surface area contributed by atoms with Gasteiger partial charge in [-0.3, -0.25) is 4.79 Å². The van der Waals surface area contributed by atoms with Gasteiger partial charge in [-0.05, 0) is 58.4 Å². The Bertz CT molecular complexity index is 911. The first-order valence-electron chi connectivity index (χ1n) is 8.49. The zero-order valence-electron chi connectivity index (χ0n) is 13.5. The average Bonchev–Trinajstić information content (AvgIpc) is 2.66. The van der Waals surface area contributed by atoms with Gasteiger partial charge in [-0.15, -0.1) is 0 Å². The molecule has 3 aromatic rings. The van der Waals surface area contributed by atoms with Crippen molar-refractivity contribution in [3.05, 3.63) is 71.8 Å². The molecule has 0 fully saturated rings. The number of aryl methyl sites for hydroxylation is 1. The third kappa shape index (κ3) is 2.74. The van der Waals surface area contributed by atoms with E-state index in [9.17, 15) is 4.79 Å². The SMILES string of the molecule is O=C(CO)C1CCc2ccc(-c3ccc4ccccc4c3)cc2C1. The van der Waals surface area contributed by atoms with E-state index in [1.54, 1.807) is 0 Å². The van der Waals surface area contributed by atoms with Crippen molar-refractivity contribution in [3.8, 4) is 11.1 Å². The number of aliphatic hydroxyl groups is 1. The molecule has 120 valence electrons. The summed E-state index contributed by atoms with van der Waals surface area (Å²) in [5.74, 6) is -0.0638. The fraction of sp³-hybridized carbons (Fsp3) is 0.227. The zero-order valence-corrected chi connectivity index (χ0v) is 13.5. The second kappa shape index (κ2) is 6.21. The van der Waals surface area contributed by atoms with Crippen LogP contribution in [0, 0.1) is 5.92 Å². The number of hydrogen-bond donors (Lipinski definition) is 1. The number of benzene rings is 3. The van der Waals surface area contributed by atoms with Crippen LogP contribution < -0.4 is 0 Å². The Morgan fingerprint density at radius 3 is 2.50 bits per heavy atom. The Hall–Kier alpha value is -2.45. The molecule has 1 unspecified atom stereocenters. The van der Waals surface area contributed by atoms with Crippen LogP contribution >= 0.6 is 0 Å². The number of ketones is 1. The van der Waals surface area contributed by atoms with Crippen LogP contribution in [0.2, 0.25) is 0 Å². The Balaban J connectivity index is 1.70. The first-order chi connectivity index (χ1) is 11.7. The van der Waals surface area contributed by atoms with E-state index in [2.05, 4.69) is 60.7 Å². The summed E-state index contributed by atoms with van der Waals surface area (Å²) >= 11 is 0. The summed E-state index contributed by atoms with van der Waals surface area (Å²) in [6, 6.07) is 21.5. The molecule has 0 saturated carbocycles. The van der Waals surface area contributed by atoms with Crippen LogP contribution in [0.4, 0.5) is 0 Å². The smallest absolute Gasteiger partial charge is 0.161 e. The number of carbonyl (C=O) groups excluding carboxylic acids is 1. The number of hydrogen-bond acceptors (Lipinski definition) is 2. The van der Waals surface area contributed by atoms with Gasteiger partial charge in [0.25, 0.3) is 0 Å². The number of Topliss-reactive ketones (excluding diaryl/α,β-unsaturated/α-hetero) is 1. The lowest BCUT2D eigenvalue weighted by atomic mass is 9.80. The Morgan fingerprint density at radius 2 is 1.67 bits per heavy atom. The molecular formula is C22H20O2. The summed E-state index contributed by atoms with van der Waals surface area (Å²) in [6.45, 7) is -0.343. The van der Waals surface area contributed by atoms with Gasteiger partial charge < -0.3 is 5.11 Å². The van der Waals surface area contributed by atoms with Crippen LogP contribution in [-0.4, -0.2) is 17.5 Å². The second-order valence-electron chi connectivity index (χ2n) is 6.61. The molecule has 3 aromatic carbocycles. The predicted octanol–water partition coefficient (Wildman–Crippen LogP) is 4.17. The molecule has 0 aliphatic heterocycles. The lowest BCUT2D eigenvalue weighted by Gasteiger charge is -2.23. The van der Waals surface area contributed by atoms with Crippen molar-refractivity contribution in [1.29, 1.82) is 0 Å². The van der Waals surface area contributed by atoms with Crippen molar-refractivity contribution in [1.82, 2.24) is 0 Å². The average molecular weight is 316 g/mol. The van der Waals surface area contributed by atoms with E-state index < -0.39 is 0 Å². The van der Waals surface area contributed by atoms with Gasteiger partial charge in [0.15, 0.2) is 5.78 Å². The highest BCUT2D eigenvalue weighted by Crippen LogP contribution is 2.31. The molecule has 0 spiro atoms. The van der Waals surface area contributed by atoms with Crippen LogP contribution in [-0.2, 0) is 17.6 Å². The molecule has 0 aromatic heterocycles. The van der Waals surface area contributed by atoms with Gasteiger partial charge >= 0.3 is 0 Å². The molecule has 0 amide bonds. The molecule has 0 radical (unpaired) electrons. The van der Waals surface area contributed by atoms with E-state index in [4.69, 9.17) is 5.11 Å². The summed E-state index contributed by atoms with van der Waals surface area (Å²) in [5, 5.41) is 11.6. The molecule has 4 rings (SSSR count). The van der Waals surface area contributed by atoms with Gasteiger partial charge in [-0.2, -0.15) is 0 Å². The molecule has 1 aliphatic carbocycles. The number of carbonyl (C=O) groups is 1. The number of rotatable bonds is 3. The minimum absolute atomic E-state index is 0.0308. The van der Waals surface area contributed by atoms with Gasteiger partial charge in [0.05, 0.1) is 0 Å². The van der Waals surface area contributed by atoms with Crippen molar-refractivity contribution in [2.75, 3.05) is 6.61 Å². The van der Waals surface area contributed by atoms with Crippen molar-refractivity contribution in [2.45, 2.75) is 19.3 Å². The summed E-state index contributed by atoms with van der Waals surface area (Å²) < 4.78 is 0. The number of fused-ring (bicyclic) bond motifs is 2. The molecule has 1 aliphatic rings. The maximum Gasteiger partial charge on any atom is 0.161 e. The van der Waals surface area contributed by atoms with Gasteiger partial charge in [0.1, 0.15) is 6.61 Å². The third-order valence-corrected chi connectivity index (χ3v) is 5.13. The highest BCUT2D eigenvalue weighted by Gasteiger charge is 2.24. The minimum Gasteiger partial charge on any atom is -0.389 e. The fourth-order valence-electron chi connectivity index (χ4n) is 3.71. The van der Waals surface area contributed by atoms with Crippen LogP contribution in [0.1, 0.15) is 17.5 Å². The third-order valence-electron chi connectivity index (χ3n) is 5.13. The van der Waals surface area contributed by atoms with Crippen LogP contribution in [0.15, 0.2) is 60.7 Å². The largest absolute Gasteiger partial charge is 0.389 e. The minimum atomic E-state index is -0.343. The van der Waals surface area contributed by atoms with Crippen molar-refractivity contribution in [2.24, 2.45) is 5.92 Å². The van der Waals surface area contributed by atoms with E-state index >= 15 is 0 Å². The molecule has 1 atom stereocenters. The van der Waals surface area contributed by atoms with E-state index in [-0.39, 0.29) is 18.3 Å². The normalized spacial score (nSPS) is 16.8. The van der Waals surface area contributed by atoms with E-state index in [1.165, 1.54) is 33.0 Å². The molecule has 2 nitrogen and oxygen atoms in total. The molecular weight excluding hydrogens is 296 g/mol. The molecule has 24 heavy (non-hydrogen) atoms. The van der Waals surface area contributed by atoms with E-state index in [1.807, 2.05) is 0 Å². The maximum atomic E-state index is 11.8. The van der Waals surface area contributed by atoms with Crippen LogP contribution in [0.3, 0.4) is 0 Å². The molecule has 2 heteroatoms. The molecule has 0 heterocycles.